The Morgan fingerprint density at radius 3 is 2.10 bits per heavy atom. The van der Waals surface area contributed by atoms with Gasteiger partial charge in [0.15, 0.2) is 6.29 Å². The van der Waals surface area contributed by atoms with Gasteiger partial charge in [-0.05, 0) is 12.1 Å². The molecule has 0 aliphatic carbocycles. The molecule has 1 aromatic carbocycles. The zero-order valence-corrected chi connectivity index (χ0v) is 20.9. The first-order valence-corrected chi connectivity index (χ1v) is 12.7. The van der Waals surface area contributed by atoms with Crippen molar-refractivity contribution in [2.24, 2.45) is 0 Å². The summed E-state index contributed by atoms with van der Waals surface area (Å²) in [6.45, 7) is -0.623. The van der Waals surface area contributed by atoms with Crippen LogP contribution in [0.25, 0.3) is 0 Å². The molecule has 2 aliphatic heterocycles. The Balaban J connectivity index is 1.85. The lowest BCUT2D eigenvalue weighted by atomic mass is 9.95. The van der Waals surface area contributed by atoms with Crippen molar-refractivity contribution in [1.82, 2.24) is 5.32 Å². The number of carbonyl (C=O) groups is 1. The Labute approximate surface area is 220 Å². The number of nitrogens with one attached hydrogen (secondary N) is 1. The quantitative estimate of drug-likeness (QED) is 0.0800. The molecular formula is C20H28N2O16S. The summed E-state index contributed by atoms with van der Waals surface area (Å²) in [6, 6.07) is 3.34. The summed E-state index contributed by atoms with van der Waals surface area (Å²) in [5.41, 5.74) is -0.235. The highest BCUT2D eigenvalue weighted by molar-refractivity contribution is 7.80. The zero-order chi connectivity index (χ0) is 29.1. The van der Waals surface area contributed by atoms with Gasteiger partial charge in [0.1, 0.15) is 54.5 Å². The van der Waals surface area contributed by atoms with Crippen molar-refractivity contribution >= 4 is 22.0 Å². The van der Waals surface area contributed by atoms with Crippen molar-refractivity contribution < 1.29 is 71.4 Å². The van der Waals surface area contributed by atoms with Crippen molar-refractivity contribution in [3.63, 3.8) is 0 Å². The molecule has 0 unspecified atom stereocenters. The molecular weight excluding hydrogens is 556 g/mol. The second kappa shape index (κ2) is 12.7. The molecule has 2 fully saturated rings. The minimum absolute atomic E-state index is 0.0419. The fourth-order valence-electron chi connectivity index (χ4n) is 4.08. The number of rotatable bonds is 10. The molecule has 0 spiro atoms. The molecule has 2 heterocycles. The number of carbonyl (C=O) groups excluding carboxylic acids is 1. The third kappa shape index (κ3) is 7.55. The van der Waals surface area contributed by atoms with E-state index in [0.29, 0.717) is 0 Å². The zero-order valence-electron chi connectivity index (χ0n) is 20.1. The predicted molar refractivity (Wildman–Crippen MR) is 122 cm³/mol. The molecule has 10 atom stereocenters. The number of benzene rings is 1. The van der Waals surface area contributed by atoms with Gasteiger partial charge < -0.3 is 49.8 Å². The van der Waals surface area contributed by atoms with E-state index in [1.54, 1.807) is 0 Å². The number of non-ortho nitro benzene ring substituents is 1. The lowest BCUT2D eigenvalue weighted by molar-refractivity contribution is -0.384. The maximum absolute atomic E-state index is 11.9. The van der Waals surface area contributed by atoms with E-state index < -0.39 is 95.8 Å². The second-order valence-corrected chi connectivity index (χ2v) is 9.66. The molecule has 39 heavy (non-hydrogen) atoms. The Kier molecular flexibility index (Phi) is 10.1. The largest absolute Gasteiger partial charge is 0.463 e. The van der Waals surface area contributed by atoms with Gasteiger partial charge in [0.2, 0.25) is 12.2 Å². The SMILES string of the molecule is CC(=O)N[C@H]1[C@H](Oc2ccc([N+](=O)[O-])cc2)O[C@H](CO)[C@@H](O[C@@H]2O[C@H](CO)[C@H](O)[C@H](OS(=O)(=O)O)[C@H]2O)[C@@H]1O. The lowest BCUT2D eigenvalue weighted by Gasteiger charge is -2.47. The van der Waals surface area contributed by atoms with E-state index in [0.717, 1.165) is 19.1 Å². The molecule has 19 heteroatoms. The first kappa shape index (κ1) is 31.0. The summed E-state index contributed by atoms with van der Waals surface area (Å²) in [7, 11) is -5.20. The van der Waals surface area contributed by atoms with Crippen molar-refractivity contribution in [3.8, 4) is 5.75 Å². The summed E-state index contributed by atoms with van der Waals surface area (Å²) in [4.78, 5) is 22.1. The van der Waals surface area contributed by atoms with E-state index in [1.165, 1.54) is 12.1 Å². The second-order valence-electron chi connectivity index (χ2n) is 8.61. The molecule has 0 radical (unpaired) electrons. The summed E-state index contributed by atoms with van der Waals surface area (Å²) in [6.07, 6.45) is -15.9. The minimum Gasteiger partial charge on any atom is -0.463 e. The highest BCUT2D eigenvalue weighted by Gasteiger charge is 2.53. The van der Waals surface area contributed by atoms with E-state index in [2.05, 4.69) is 9.50 Å². The molecule has 1 aromatic rings. The maximum Gasteiger partial charge on any atom is 0.397 e. The fraction of sp³-hybridized carbons (Fsp3) is 0.650. The predicted octanol–water partition coefficient (Wildman–Crippen LogP) is -3.43. The number of hydrogen-bond donors (Lipinski definition) is 7. The number of hydrogen-bond acceptors (Lipinski definition) is 15. The monoisotopic (exact) mass is 584 g/mol. The topological polar surface area (TPSA) is 274 Å². The van der Waals surface area contributed by atoms with Gasteiger partial charge in [0.05, 0.1) is 18.1 Å². The highest BCUT2D eigenvalue weighted by Crippen LogP contribution is 2.32. The molecule has 2 aliphatic rings. The summed E-state index contributed by atoms with van der Waals surface area (Å²) in [5, 5.41) is 64.5. The van der Waals surface area contributed by atoms with Crippen LogP contribution in [0.4, 0.5) is 5.69 Å². The van der Waals surface area contributed by atoms with Crippen LogP contribution in [-0.4, -0.2) is 124 Å². The molecule has 0 saturated carbocycles. The molecule has 220 valence electrons. The van der Waals surface area contributed by atoms with Crippen LogP contribution in [0.3, 0.4) is 0 Å². The van der Waals surface area contributed by atoms with Crippen molar-refractivity contribution in [3.05, 3.63) is 34.4 Å². The summed E-state index contributed by atoms with van der Waals surface area (Å²) >= 11 is 0. The summed E-state index contributed by atoms with van der Waals surface area (Å²) in [5.74, 6) is -0.611. The van der Waals surface area contributed by atoms with Crippen LogP contribution in [0.2, 0.25) is 0 Å². The Morgan fingerprint density at radius 1 is 1.00 bits per heavy atom. The van der Waals surface area contributed by atoms with Gasteiger partial charge in [-0.2, -0.15) is 8.42 Å². The summed E-state index contributed by atoms with van der Waals surface area (Å²) < 4.78 is 57.9. The molecule has 18 nitrogen and oxygen atoms in total. The van der Waals surface area contributed by atoms with Crippen LogP contribution < -0.4 is 10.1 Å². The number of aliphatic hydroxyl groups excluding tert-OH is 5. The number of aliphatic hydroxyl groups is 5. The normalized spacial score (nSPS) is 35.3. The average Bonchev–Trinajstić information content (AvgIpc) is 2.86. The van der Waals surface area contributed by atoms with Gasteiger partial charge in [-0.15, -0.1) is 0 Å². The van der Waals surface area contributed by atoms with Gasteiger partial charge in [-0.3, -0.25) is 19.5 Å². The molecule has 2 saturated heterocycles. The number of nitrogens with zero attached hydrogens (tertiary/aromatic N) is 1. The van der Waals surface area contributed by atoms with Crippen LogP contribution in [0.5, 0.6) is 5.75 Å². The molecule has 1 amide bonds. The van der Waals surface area contributed by atoms with Gasteiger partial charge in [-0.1, -0.05) is 0 Å². The average molecular weight is 585 g/mol. The number of nitro groups is 1. The van der Waals surface area contributed by atoms with Gasteiger partial charge in [-0.25, -0.2) is 4.18 Å². The standard InChI is InChI=1S/C20H28N2O16S/c1-8(25)21-13-15(27)17(12(7-24)36-19(13)34-10-4-2-9(3-5-10)22(29)30)37-20-16(28)18(38-39(31,32)33)14(26)11(6-23)35-20/h2-5,11-20,23-24,26-28H,6-7H2,1H3,(H,21,25)(H,31,32,33)/t11-,12-,13-,14+,15-,16-,17-,18+,19-,20+/m1/s1. The van der Waals surface area contributed by atoms with Crippen LogP contribution in [0, 0.1) is 10.1 Å². The van der Waals surface area contributed by atoms with E-state index >= 15 is 0 Å². The lowest BCUT2D eigenvalue weighted by Crippen LogP contribution is -2.68. The fourth-order valence-corrected chi connectivity index (χ4v) is 4.59. The smallest absolute Gasteiger partial charge is 0.397 e. The van der Waals surface area contributed by atoms with Crippen molar-refractivity contribution in [2.75, 3.05) is 13.2 Å². The van der Waals surface area contributed by atoms with Crippen molar-refractivity contribution in [1.29, 1.82) is 0 Å². The first-order valence-electron chi connectivity index (χ1n) is 11.3. The third-order valence-corrected chi connectivity index (χ3v) is 6.33. The first-order chi connectivity index (χ1) is 18.2. The van der Waals surface area contributed by atoms with E-state index in [4.69, 9.17) is 23.5 Å². The Hall–Kier alpha value is -2.56. The highest BCUT2D eigenvalue weighted by atomic mass is 32.3. The van der Waals surface area contributed by atoms with Gasteiger partial charge in [0, 0.05) is 19.1 Å². The van der Waals surface area contributed by atoms with Gasteiger partial charge >= 0.3 is 10.4 Å². The Bertz CT molecular complexity index is 1100. The molecule has 7 N–H and O–H groups in total. The maximum atomic E-state index is 11.9. The van der Waals surface area contributed by atoms with E-state index in [1.807, 2.05) is 0 Å². The number of nitro benzene ring substituents is 1. The minimum atomic E-state index is -5.20. The van der Waals surface area contributed by atoms with E-state index in [9.17, 15) is 48.9 Å². The molecule has 0 aromatic heterocycles. The van der Waals surface area contributed by atoms with Crippen LogP contribution >= 0.6 is 0 Å². The van der Waals surface area contributed by atoms with Crippen LogP contribution in [0.15, 0.2) is 24.3 Å². The Morgan fingerprint density at radius 2 is 1.59 bits per heavy atom. The molecule has 0 bridgehead atoms. The van der Waals surface area contributed by atoms with Gasteiger partial charge in [0.25, 0.3) is 5.69 Å². The number of amides is 1. The van der Waals surface area contributed by atoms with E-state index in [-0.39, 0.29) is 11.4 Å². The third-order valence-electron chi connectivity index (χ3n) is 5.87. The van der Waals surface area contributed by atoms with Crippen LogP contribution in [-0.2, 0) is 33.6 Å². The van der Waals surface area contributed by atoms with Crippen molar-refractivity contribution in [2.45, 2.75) is 68.3 Å². The van der Waals surface area contributed by atoms with Crippen LogP contribution in [0.1, 0.15) is 6.92 Å². The molecule has 3 rings (SSSR count). The number of ether oxygens (including phenoxy) is 4.